The fraction of sp³-hybridized carbons (Fsp3) is 0.200. The number of methoxy groups -OCH3 is 2. The zero-order chi connectivity index (χ0) is 13.8. The summed E-state index contributed by atoms with van der Waals surface area (Å²) < 4.78 is 12.0. The minimum Gasteiger partial charge on any atom is -0.496 e. The molecule has 0 amide bonds. The van der Waals surface area contributed by atoms with Crippen LogP contribution in [-0.2, 0) is 0 Å². The first-order valence-electron chi connectivity index (χ1n) is 5.89. The van der Waals surface area contributed by atoms with Crippen molar-refractivity contribution in [3.05, 3.63) is 57.2 Å². The van der Waals surface area contributed by atoms with E-state index in [0.717, 1.165) is 22.6 Å². The lowest BCUT2D eigenvalue weighted by Gasteiger charge is -2.19. The Balaban J connectivity index is 2.47. The summed E-state index contributed by atoms with van der Waals surface area (Å²) in [6, 6.07) is 13.5. The number of benzene rings is 2. The Hall–Kier alpha value is -1.27. The Morgan fingerprint density at radius 2 is 1.47 bits per heavy atom. The third kappa shape index (κ3) is 3.01. The van der Waals surface area contributed by atoms with E-state index in [1.54, 1.807) is 14.2 Å². The normalized spacial score (nSPS) is 12.0. The molecule has 1 atom stereocenters. The van der Waals surface area contributed by atoms with Crippen molar-refractivity contribution < 1.29 is 9.47 Å². The van der Waals surface area contributed by atoms with Crippen LogP contribution in [-0.4, -0.2) is 14.2 Å². The van der Waals surface area contributed by atoms with Crippen LogP contribution in [0.25, 0.3) is 0 Å². The summed E-state index contributed by atoms with van der Waals surface area (Å²) in [4.78, 5) is 0. The van der Waals surface area contributed by atoms with Gasteiger partial charge in [-0.25, -0.2) is 0 Å². The van der Waals surface area contributed by atoms with Crippen molar-refractivity contribution in [2.75, 3.05) is 14.2 Å². The van der Waals surface area contributed by atoms with Crippen LogP contribution in [0.3, 0.4) is 0 Å². The summed E-state index contributed by atoms with van der Waals surface area (Å²) in [5.74, 6) is 1.48. The van der Waals surface area contributed by atoms with Gasteiger partial charge in [0.05, 0.1) is 25.8 Å². The largest absolute Gasteiger partial charge is 0.496 e. The quantitative estimate of drug-likeness (QED) is 0.841. The van der Waals surface area contributed by atoms with Gasteiger partial charge in [-0.3, -0.25) is 0 Å². The molecule has 0 saturated carbocycles. The summed E-state index contributed by atoms with van der Waals surface area (Å²) >= 11 is 2.27. The van der Waals surface area contributed by atoms with Crippen molar-refractivity contribution in [3.8, 4) is 11.5 Å². The van der Waals surface area contributed by atoms with Crippen molar-refractivity contribution in [2.24, 2.45) is 5.73 Å². The van der Waals surface area contributed by atoms with E-state index >= 15 is 0 Å². The van der Waals surface area contributed by atoms with Gasteiger partial charge in [-0.15, -0.1) is 0 Å². The molecule has 2 aromatic rings. The summed E-state index contributed by atoms with van der Waals surface area (Å²) in [6.45, 7) is 0. The van der Waals surface area contributed by atoms with Gasteiger partial charge in [0, 0.05) is 3.57 Å². The molecule has 3 nitrogen and oxygen atoms in total. The predicted octanol–water partition coefficient (Wildman–Crippen LogP) is 3.36. The van der Waals surface area contributed by atoms with E-state index in [9.17, 15) is 0 Å². The molecule has 0 heterocycles. The van der Waals surface area contributed by atoms with Crippen LogP contribution in [0.15, 0.2) is 42.5 Å². The first kappa shape index (κ1) is 14.1. The van der Waals surface area contributed by atoms with E-state index in [1.807, 2.05) is 42.5 Å². The van der Waals surface area contributed by atoms with Crippen molar-refractivity contribution in [3.63, 3.8) is 0 Å². The van der Waals surface area contributed by atoms with Gasteiger partial charge in [-0.2, -0.15) is 0 Å². The van der Waals surface area contributed by atoms with E-state index < -0.39 is 0 Å². The third-order valence-electron chi connectivity index (χ3n) is 3.01. The van der Waals surface area contributed by atoms with E-state index in [-0.39, 0.29) is 6.04 Å². The fourth-order valence-corrected chi connectivity index (χ4v) is 2.38. The average molecular weight is 369 g/mol. The zero-order valence-corrected chi connectivity index (χ0v) is 13.0. The lowest BCUT2D eigenvalue weighted by Crippen LogP contribution is -2.14. The summed E-state index contributed by atoms with van der Waals surface area (Å²) in [7, 11) is 3.28. The first-order valence-corrected chi connectivity index (χ1v) is 6.97. The second-order valence-corrected chi connectivity index (χ2v) is 5.35. The standard InChI is InChI=1S/C15H16INO2/c1-18-12-4-3-5-13(19-2)14(12)15(17)10-6-8-11(16)9-7-10/h3-9,15H,17H2,1-2H3. The molecule has 0 aliphatic rings. The fourth-order valence-electron chi connectivity index (χ4n) is 2.02. The second kappa shape index (κ2) is 6.25. The summed E-state index contributed by atoms with van der Waals surface area (Å²) in [5.41, 5.74) is 8.26. The van der Waals surface area contributed by atoms with Crippen molar-refractivity contribution >= 4 is 22.6 Å². The van der Waals surface area contributed by atoms with Gasteiger partial charge in [0.25, 0.3) is 0 Å². The molecular formula is C15H16INO2. The topological polar surface area (TPSA) is 44.5 Å². The minimum atomic E-state index is -0.275. The van der Waals surface area contributed by atoms with Crippen LogP contribution in [0, 0.1) is 3.57 Å². The molecule has 0 saturated heterocycles. The molecule has 0 aliphatic heterocycles. The number of ether oxygens (including phenoxy) is 2. The molecule has 0 aromatic heterocycles. The van der Waals surface area contributed by atoms with Gasteiger partial charge in [0.2, 0.25) is 0 Å². The molecule has 4 heteroatoms. The van der Waals surface area contributed by atoms with Gasteiger partial charge in [0.1, 0.15) is 11.5 Å². The van der Waals surface area contributed by atoms with E-state index in [4.69, 9.17) is 15.2 Å². The molecule has 0 spiro atoms. The SMILES string of the molecule is COc1cccc(OC)c1C(N)c1ccc(I)cc1. The van der Waals surface area contributed by atoms with E-state index in [2.05, 4.69) is 22.6 Å². The average Bonchev–Trinajstić information content (AvgIpc) is 2.46. The molecule has 0 radical (unpaired) electrons. The Labute approximate surface area is 126 Å². The maximum absolute atomic E-state index is 6.36. The first-order chi connectivity index (χ1) is 9.17. The maximum Gasteiger partial charge on any atom is 0.127 e. The highest BCUT2D eigenvalue weighted by Gasteiger charge is 2.18. The van der Waals surface area contributed by atoms with Crippen LogP contribution in [0.4, 0.5) is 0 Å². The molecule has 100 valence electrons. The zero-order valence-electron chi connectivity index (χ0n) is 10.9. The highest BCUT2D eigenvalue weighted by Crippen LogP contribution is 2.35. The van der Waals surface area contributed by atoms with Gasteiger partial charge >= 0.3 is 0 Å². The van der Waals surface area contributed by atoms with Crippen molar-refractivity contribution in [2.45, 2.75) is 6.04 Å². The van der Waals surface area contributed by atoms with Crippen LogP contribution in [0.5, 0.6) is 11.5 Å². The summed E-state index contributed by atoms with van der Waals surface area (Å²) in [5, 5.41) is 0. The van der Waals surface area contributed by atoms with Crippen molar-refractivity contribution in [1.82, 2.24) is 0 Å². The molecule has 0 fully saturated rings. The van der Waals surface area contributed by atoms with E-state index in [1.165, 1.54) is 3.57 Å². The van der Waals surface area contributed by atoms with Crippen molar-refractivity contribution in [1.29, 1.82) is 0 Å². The Morgan fingerprint density at radius 1 is 0.947 bits per heavy atom. The van der Waals surface area contributed by atoms with Gasteiger partial charge in [-0.05, 0) is 52.4 Å². The highest BCUT2D eigenvalue weighted by molar-refractivity contribution is 14.1. The predicted molar refractivity (Wildman–Crippen MR) is 84.7 cm³/mol. The molecule has 1 unspecified atom stereocenters. The number of hydrogen-bond acceptors (Lipinski definition) is 3. The molecule has 2 aromatic carbocycles. The Kier molecular flexibility index (Phi) is 4.66. The number of nitrogens with two attached hydrogens (primary N) is 1. The van der Waals surface area contributed by atoms with Crippen LogP contribution in [0.2, 0.25) is 0 Å². The van der Waals surface area contributed by atoms with Crippen LogP contribution in [0.1, 0.15) is 17.2 Å². The van der Waals surface area contributed by atoms with Crippen LogP contribution >= 0.6 is 22.6 Å². The molecule has 0 aliphatic carbocycles. The number of halogens is 1. The van der Waals surface area contributed by atoms with Crippen LogP contribution < -0.4 is 15.2 Å². The molecular weight excluding hydrogens is 353 g/mol. The van der Waals surface area contributed by atoms with Gasteiger partial charge in [-0.1, -0.05) is 18.2 Å². The monoisotopic (exact) mass is 369 g/mol. The number of rotatable bonds is 4. The Bertz CT molecular complexity index is 532. The smallest absolute Gasteiger partial charge is 0.127 e. The number of hydrogen-bond donors (Lipinski definition) is 1. The molecule has 19 heavy (non-hydrogen) atoms. The molecule has 2 N–H and O–H groups in total. The summed E-state index contributed by atoms with van der Waals surface area (Å²) in [6.07, 6.45) is 0. The van der Waals surface area contributed by atoms with E-state index in [0.29, 0.717) is 0 Å². The molecule has 2 rings (SSSR count). The Morgan fingerprint density at radius 3 is 1.95 bits per heavy atom. The maximum atomic E-state index is 6.36. The van der Waals surface area contributed by atoms with Gasteiger partial charge in [0.15, 0.2) is 0 Å². The minimum absolute atomic E-state index is 0.275. The highest BCUT2D eigenvalue weighted by atomic mass is 127. The lowest BCUT2D eigenvalue weighted by molar-refractivity contribution is 0.382. The molecule has 0 bridgehead atoms. The lowest BCUT2D eigenvalue weighted by atomic mass is 9.98. The second-order valence-electron chi connectivity index (χ2n) is 4.11. The third-order valence-corrected chi connectivity index (χ3v) is 3.73. The van der Waals surface area contributed by atoms with Gasteiger partial charge < -0.3 is 15.2 Å².